The van der Waals surface area contributed by atoms with Gasteiger partial charge < -0.3 is 20.1 Å². The molecule has 0 heterocycles. The number of benzene rings is 1. The van der Waals surface area contributed by atoms with Crippen molar-refractivity contribution in [3.05, 3.63) is 35.9 Å². The number of carbonyl (C=O) groups excluding carboxylic acids is 2. The fourth-order valence-electron chi connectivity index (χ4n) is 2.87. The smallest absolute Gasteiger partial charge is 0.407 e. The van der Waals surface area contributed by atoms with Crippen LogP contribution < -0.4 is 10.6 Å². The Bertz CT molecular complexity index is 569. The molecule has 0 unspecified atom stereocenters. The minimum Gasteiger partial charge on any atom is -0.445 e. The summed E-state index contributed by atoms with van der Waals surface area (Å²) in [6.07, 6.45) is 1.89. The normalized spacial score (nSPS) is 20.0. The van der Waals surface area contributed by atoms with Crippen LogP contribution in [0.1, 0.15) is 45.6 Å². The number of rotatable bonds is 5. The summed E-state index contributed by atoms with van der Waals surface area (Å²) in [6.45, 7) is 6.35. The van der Waals surface area contributed by atoms with Crippen molar-refractivity contribution in [1.82, 2.24) is 10.6 Å². The Balaban J connectivity index is 1.62. The molecule has 1 saturated carbocycles. The SMILES string of the molecule is CC(C)(C)OC(=O)N[C@H]1CC[C@@H](CNC(=O)OCc2ccccc2)C1. The Hall–Kier alpha value is -2.24. The van der Waals surface area contributed by atoms with Crippen molar-refractivity contribution >= 4 is 12.2 Å². The van der Waals surface area contributed by atoms with E-state index in [4.69, 9.17) is 9.47 Å². The average molecular weight is 348 g/mol. The summed E-state index contributed by atoms with van der Waals surface area (Å²) in [5.41, 5.74) is 0.465. The van der Waals surface area contributed by atoms with Gasteiger partial charge in [0.05, 0.1) is 0 Å². The summed E-state index contributed by atoms with van der Waals surface area (Å²) in [7, 11) is 0. The third kappa shape index (κ3) is 7.45. The van der Waals surface area contributed by atoms with E-state index in [-0.39, 0.29) is 18.7 Å². The molecule has 0 spiro atoms. The summed E-state index contributed by atoms with van der Waals surface area (Å²) in [4.78, 5) is 23.6. The van der Waals surface area contributed by atoms with Crippen molar-refractivity contribution in [2.45, 2.75) is 58.3 Å². The van der Waals surface area contributed by atoms with Gasteiger partial charge in [0.2, 0.25) is 0 Å². The number of nitrogens with one attached hydrogen (secondary N) is 2. The maximum atomic E-state index is 11.8. The van der Waals surface area contributed by atoms with Crippen molar-refractivity contribution in [3.63, 3.8) is 0 Å². The van der Waals surface area contributed by atoms with Crippen LogP contribution in [0.15, 0.2) is 30.3 Å². The number of amides is 2. The predicted octanol–water partition coefficient (Wildman–Crippen LogP) is 3.61. The minimum absolute atomic E-state index is 0.0991. The summed E-state index contributed by atoms with van der Waals surface area (Å²) < 4.78 is 10.5. The Morgan fingerprint density at radius 1 is 1.12 bits per heavy atom. The Labute approximate surface area is 149 Å². The predicted molar refractivity (Wildman–Crippen MR) is 95.1 cm³/mol. The topological polar surface area (TPSA) is 76.7 Å². The van der Waals surface area contributed by atoms with E-state index in [1.54, 1.807) is 0 Å². The number of hydrogen-bond acceptors (Lipinski definition) is 4. The zero-order chi connectivity index (χ0) is 18.3. The van der Waals surface area contributed by atoms with E-state index >= 15 is 0 Å². The molecule has 1 aliphatic carbocycles. The van der Waals surface area contributed by atoms with Crippen LogP contribution in [0.5, 0.6) is 0 Å². The Morgan fingerprint density at radius 2 is 1.84 bits per heavy atom. The van der Waals surface area contributed by atoms with Gasteiger partial charge in [-0.25, -0.2) is 9.59 Å². The van der Waals surface area contributed by atoms with Gasteiger partial charge in [0.25, 0.3) is 0 Å². The van der Waals surface area contributed by atoms with E-state index < -0.39 is 11.7 Å². The van der Waals surface area contributed by atoms with Crippen molar-refractivity contribution in [1.29, 1.82) is 0 Å². The van der Waals surface area contributed by atoms with E-state index in [1.165, 1.54) is 0 Å². The molecule has 0 radical (unpaired) electrons. The summed E-state index contributed by atoms with van der Waals surface area (Å²) in [6, 6.07) is 9.67. The molecule has 1 aliphatic rings. The number of ether oxygens (including phenoxy) is 2. The molecule has 2 atom stereocenters. The Kier molecular flexibility index (Phi) is 6.67. The van der Waals surface area contributed by atoms with Gasteiger partial charge in [0.1, 0.15) is 12.2 Å². The van der Waals surface area contributed by atoms with Crippen LogP contribution in [0, 0.1) is 5.92 Å². The molecule has 0 aliphatic heterocycles. The van der Waals surface area contributed by atoms with Gasteiger partial charge in [0.15, 0.2) is 0 Å². The third-order valence-electron chi connectivity index (χ3n) is 4.01. The first kappa shape index (κ1) is 19.1. The molecule has 1 aromatic rings. The lowest BCUT2D eigenvalue weighted by Gasteiger charge is -2.21. The van der Waals surface area contributed by atoms with E-state index in [1.807, 2.05) is 51.1 Å². The van der Waals surface area contributed by atoms with E-state index in [9.17, 15) is 9.59 Å². The first-order valence-electron chi connectivity index (χ1n) is 8.76. The van der Waals surface area contributed by atoms with Crippen molar-refractivity contribution < 1.29 is 19.1 Å². The first-order chi connectivity index (χ1) is 11.8. The van der Waals surface area contributed by atoms with Gasteiger partial charge in [-0.05, 0) is 51.5 Å². The second-order valence-electron chi connectivity index (χ2n) is 7.46. The zero-order valence-electron chi connectivity index (χ0n) is 15.2. The summed E-state index contributed by atoms with van der Waals surface area (Å²) in [5.74, 6) is 0.337. The highest BCUT2D eigenvalue weighted by molar-refractivity contribution is 5.68. The molecular weight excluding hydrogens is 320 g/mol. The van der Waals surface area contributed by atoms with Gasteiger partial charge in [0, 0.05) is 12.6 Å². The van der Waals surface area contributed by atoms with E-state index in [0.717, 1.165) is 24.8 Å². The highest BCUT2D eigenvalue weighted by atomic mass is 16.6. The third-order valence-corrected chi connectivity index (χ3v) is 4.01. The molecule has 6 nitrogen and oxygen atoms in total. The highest BCUT2D eigenvalue weighted by Gasteiger charge is 2.27. The van der Waals surface area contributed by atoms with Crippen LogP contribution in [-0.4, -0.2) is 30.4 Å². The summed E-state index contributed by atoms with van der Waals surface area (Å²) >= 11 is 0. The van der Waals surface area contributed by atoms with Crippen LogP contribution in [-0.2, 0) is 16.1 Å². The lowest BCUT2D eigenvalue weighted by atomic mass is 10.1. The van der Waals surface area contributed by atoms with Gasteiger partial charge >= 0.3 is 12.2 Å². The largest absolute Gasteiger partial charge is 0.445 e. The number of alkyl carbamates (subject to hydrolysis) is 2. The molecule has 2 N–H and O–H groups in total. The molecular formula is C19H28N2O4. The molecule has 6 heteroatoms. The molecule has 1 fully saturated rings. The zero-order valence-corrected chi connectivity index (χ0v) is 15.2. The van der Waals surface area contributed by atoms with Crippen LogP contribution in [0.2, 0.25) is 0 Å². The average Bonchev–Trinajstić information content (AvgIpc) is 2.97. The Morgan fingerprint density at radius 3 is 2.52 bits per heavy atom. The first-order valence-corrected chi connectivity index (χ1v) is 8.76. The molecule has 138 valence electrons. The monoisotopic (exact) mass is 348 g/mol. The molecule has 1 aromatic carbocycles. The summed E-state index contributed by atoms with van der Waals surface area (Å²) in [5, 5.41) is 5.70. The minimum atomic E-state index is -0.494. The van der Waals surface area contributed by atoms with Gasteiger partial charge in [-0.15, -0.1) is 0 Å². The standard InChI is InChI=1S/C19H28N2O4/c1-19(2,3)25-18(23)21-16-10-9-15(11-16)12-20-17(22)24-13-14-7-5-4-6-8-14/h4-8,15-16H,9-13H2,1-3H3,(H,20,22)(H,21,23)/t15-,16+/m1/s1. The maximum Gasteiger partial charge on any atom is 0.407 e. The van der Waals surface area contributed by atoms with Gasteiger partial charge in [-0.3, -0.25) is 0 Å². The highest BCUT2D eigenvalue weighted by Crippen LogP contribution is 2.25. The molecule has 0 aromatic heterocycles. The fourth-order valence-corrected chi connectivity index (χ4v) is 2.87. The number of carbonyl (C=O) groups is 2. The van der Waals surface area contributed by atoms with Crippen molar-refractivity contribution in [2.75, 3.05) is 6.54 Å². The number of hydrogen-bond donors (Lipinski definition) is 2. The van der Waals surface area contributed by atoms with Crippen LogP contribution in [0.4, 0.5) is 9.59 Å². The second kappa shape index (κ2) is 8.74. The molecule has 2 amide bonds. The fraction of sp³-hybridized carbons (Fsp3) is 0.579. The second-order valence-corrected chi connectivity index (χ2v) is 7.46. The van der Waals surface area contributed by atoms with E-state index in [2.05, 4.69) is 10.6 Å². The molecule has 25 heavy (non-hydrogen) atoms. The van der Waals surface area contributed by atoms with Gasteiger partial charge in [-0.1, -0.05) is 30.3 Å². The molecule has 0 saturated heterocycles. The van der Waals surface area contributed by atoms with Crippen LogP contribution in [0.3, 0.4) is 0 Å². The van der Waals surface area contributed by atoms with Crippen LogP contribution >= 0.6 is 0 Å². The lowest BCUT2D eigenvalue weighted by molar-refractivity contribution is 0.0504. The van der Waals surface area contributed by atoms with Crippen molar-refractivity contribution in [2.24, 2.45) is 5.92 Å². The quantitative estimate of drug-likeness (QED) is 0.852. The lowest BCUT2D eigenvalue weighted by Crippen LogP contribution is -2.38. The molecule has 2 rings (SSSR count). The van der Waals surface area contributed by atoms with E-state index in [0.29, 0.717) is 12.5 Å². The molecule has 0 bridgehead atoms. The maximum absolute atomic E-state index is 11.8. The van der Waals surface area contributed by atoms with Crippen molar-refractivity contribution in [3.8, 4) is 0 Å². The van der Waals surface area contributed by atoms with Gasteiger partial charge in [-0.2, -0.15) is 0 Å². The van der Waals surface area contributed by atoms with Crippen LogP contribution in [0.25, 0.3) is 0 Å².